The first-order valence-electron chi connectivity index (χ1n) is 9.50. The summed E-state index contributed by atoms with van der Waals surface area (Å²) in [5.74, 6) is 2.74. The van der Waals surface area contributed by atoms with Crippen molar-refractivity contribution in [3.8, 4) is 5.75 Å². The first-order chi connectivity index (χ1) is 13.1. The van der Waals surface area contributed by atoms with Gasteiger partial charge in [-0.2, -0.15) is 0 Å². The molecule has 27 heavy (non-hydrogen) atoms. The molecule has 2 unspecified atom stereocenters. The minimum absolute atomic E-state index is 0.0819. The monoisotopic (exact) mass is 388 g/mol. The summed E-state index contributed by atoms with van der Waals surface area (Å²) in [4.78, 5) is 12.3. The van der Waals surface area contributed by atoms with Crippen LogP contribution in [0.2, 0.25) is 0 Å². The average molecular weight is 389 g/mol. The minimum Gasteiger partial charge on any atom is -0.497 e. The maximum absolute atomic E-state index is 12.3. The van der Waals surface area contributed by atoms with Crippen LogP contribution in [0.25, 0.3) is 0 Å². The van der Waals surface area contributed by atoms with E-state index < -0.39 is 0 Å². The van der Waals surface area contributed by atoms with Crippen molar-refractivity contribution in [2.24, 2.45) is 13.0 Å². The fourth-order valence-electron chi connectivity index (χ4n) is 3.46. The van der Waals surface area contributed by atoms with Crippen molar-refractivity contribution in [1.82, 2.24) is 20.1 Å². The zero-order chi connectivity index (χ0) is 19.2. The second kappa shape index (κ2) is 9.26. The Morgan fingerprint density at radius 1 is 1.26 bits per heavy atom. The Labute approximate surface area is 165 Å². The van der Waals surface area contributed by atoms with Gasteiger partial charge in [0.05, 0.1) is 12.9 Å². The normalized spacial score (nSPS) is 19.7. The Balaban J connectivity index is 1.52. The van der Waals surface area contributed by atoms with E-state index in [-0.39, 0.29) is 5.91 Å². The number of benzene rings is 1. The van der Waals surface area contributed by atoms with Crippen LogP contribution in [0.4, 0.5) is 0 Å². The fraction of sp³-hybridized carbons (Fsp3) is 0.550. The lowest BCUT2D eigenvalue weighted by atomic mass is 9.86. The molecule has 1 N–H and O–H groups in total. The van der Waals surface area contributed by atoms with Crippen LogP contribution < -0.4 is 10.1 Å². The molecule has 1 aromatic heterocycles. The number of carbonyl (C=O) groups excluding carboxylic acids is 1. The molecule has 0 radical (unpaired) electrons. The second-order valence-electron chi connectivity index (χ2n) is 7.21. The van der Waals surface area contributed by atoms with E-state index in [1.54, 1.807) is 7.11 Å². The quantitative estimate of drug-likeness (QED) is 0.738. The molecule has 0 bridgehead atoms. The minimum atomic E-state index is 0.0819. The molecular formula is C20H28N4O2S. The highest BCUT2D eigenvalue weighted by Crippen LogP contribution is 2.24. The summed E-state index contributed by atoms with van der Waals surface area (Å²) in [6, 6.07) is 8.26. The van der Waals surface area contributed by atoms with Gasteiger partial charge in [0.1, 0.15) is 11.6 Å². The smallest absolute Gasteiger partial charge is 0.230 e. The largest absolute Gasteiger partial charge is 0.497 e. The van der Waals surface area contributed by atoms with Crippen LogP contribution in [0, 0.1) is 5.92 Å². The topological polar surface area (TPSA) is 69.0 Å². The molecule has 1 aromatic carbocycles. The molecule has 0 spiro atoms. The molecule has 1 saturated carbocycles. The van der Waals surface area contributed by atoms with Gasteiger partial charge in [-0.3, -0.25) is 4.79 Å². The van der Waals surface area contributed by atoms with E-state index in [1.165, 1.54) is 31.0 Å². The van der Waals surface area contributed by atoms with Gasteiger partial charge in [0.15, 0.2) is 5.16 Å². The van der Waals surface area contributed by atoms with Crippen LogP contribution in [0.1, 0.15) is 44.0 Å². The number of nitrogens with one attached hydrogen (secondary N) is 1. The molecule has 1 heterocycles. The number of thioether (sulfide) groups is 1. The number of carbonyl (C=O) groups is 1. The predicted molar refractivity (Wildman–Crippen MR) is 107 cm³/mol. The van der Waals surface area contributed by atoms with Gasteiger partial charge in [-0.1, -0.05) is 43.7 Å². The maximum Gasteiger partial charge on any atom is 0.230 e. The van der Waals surface area contributed by atoms with Crippen molar-refractivity contribution >= 4 is 17.7 Å². The van der Waals surface area contributed by atoms with Crippen molar-refractivity contribution in [2.45, 2.75) is 50.2 Å². The molecule has 1 aliphatic rings. The third kappa shape index (κ3) is 5.25. The molecule has 146 valence electrons. The van der Waals surface area contributed by atoms with E-state index in [4.69, 9.17) is 4.74 Å². The highest BCUT2D eigenvalue weighted by atomic mass is 32.2. The van der Waals surface area contributed by atoms with Crippen LogP contribution in [0.3, 0.4) is 0 Å². The van der Waals surface area contributed by atoms with Crippen LogP contribution in [-0.2, 0) is 18.3 Å². The van der Waals surface area contributed by atoms with Crippen molar-refractivity contribution in [3.05, 3.63) is 35.7 Å². The SMILES string of the molecule is COc1ccc(Cc2nnc(SCC(=O)NC3CCCCC3C)n2C)cc1. The summed E-state index contributed by atoms with van der Waals surface area (Å²) < 4.78 is 7.15. The van der Waals surface area contributed by atoms with Crippen LogP contribution in [-0.4, -0.2) is 39.6 Å². The summed E-state index contributed by atoms with van der Waals surface area (Å²) in [6.45, 7) is 2.23. The molecule has 2 aromatic rings. The predicted octanol–water partition coefficient (Wildman–Crippen LogP) is 3.20. The summed E-state index contributed by atoms with van der Waals surface area (Å²) in [7, 11) is 3.61. The lowest BCUT2D eigenvalue weighted by Gasteiger charge is -2.29. The van der Waals surface area contributed by atoms with E-state index in [0.717, 1.165) is 28.7 Å². The third-order valence-electron chi connectivity index (χ3n) is 5.24. The summed E-state index contributed by atoms with van der Waals surface area (Å²) in [5, 5.41) is 12.5. The van der Waals surface area contributed by atoms with Gasteiger partial charge in [-0.15, -0.1) is 10.2 Å². The lowest BCUT2D eigenvalue weighted by molar-refractivity contribution is -0.119. The molecule has 6 nitrogen and oxygen atoms in total. The van der Waals surface area contributed by atoms with E-state index in [9.17, 15) is 4.79 Å². The molecule has 3 rings (SSSR count). The van der Waals surface area contributed by atoms with E-state index >= 15 is 0 Å². The van der Waals surface area contributed by atoms with Gasteiger partial charge in [-0.25, -0.2) is 0 Å². The Kier molecular flexibility index (Phi) is 6.77. The number of amides is 1. The van der Waals surface area contributed by atoms with Gasteiger partial charge in [0.25, 0.3) is 0 Å². The van der Waals surface area contributed by atoms with Gasteiger partial charge in [0.2, 0.25) is 5.91 Å². The molecule has 0 aliphatic heterocycles. The average Bonchev–Trinajstić information content (AvgIpc) is 3.02. The summed E-state index contributed by atoms with van der Waals surface area (Å²) in [6.07, 6.45) is 5.47. The van der Waals surface area contributed by atoms with E-state index in [2.05, 4.69) is 22.4 Å². The zero-order valence-corrected chi connectivity index (χ0v) is 17.1. The number of nitrogens with zero attached hydrogens (tertiary/aromatic N) is 3. The highest BCUT2D eigenvalue weighted by molar-refractivity contribution is 7.99. The first kappa shape index (κ1) is 19.7. The maximum atomic E-state index is 12.3. The first-order valence-corrected chi connectivity index (χ1v) is 10.5. The Bertz CT molecular complexity index is 760. The Morgan fingerprint density at radius 3 is 2.70 bits per heavy atom. The number of aromatic nitrogens is 3. The van der Waals surface area contributed by atoms with Crippen LogP contribution >= 0.6 is 11.8 Å². The molecule has 1 amide bonds. The molecule has 2 atom stereocenters. The second-order valence-corrected chi connectivity index (χ2v) is 8.15. The molecule has 0 saturated heterocycles. The number of rotatable bonds is 7. The number of hydrogen-bond acceptors (Lipinski definition) is 5. The standard InChI is InChI=1S/C20H28N4O2S/c1-14-6-4-5-7-17(14)21-19(25)13-27-20-23-22-18(24(20)2)12-15-8-10-16(26-3)11-9-15/h8-11,14,17H,4-7,12-13H2,1-3H3,(H,21,25). The van der Waals surface area contributed by atoms with Gasteiger partial charge in [-0.05, 0) is 36.5 Å². The zero-order valence-electron chi connectivity index (χ0n) is 16.3. The van der Waals surface area contributed by atoms with Crippen molar-refractivity contribution in [3.63, 3.8) is 0 Å². The van der Waals surface area contributed by atoms with E-state index in [1.807, 2.05) is 35.9 Å². The fourth-order valence-corrected chi connectivity index (χ4v) is 4.20. The number of methoxy groups -OCH3 is 1. The van der Waals surface area contributed by atoms with Crippen molar-refractivity contribution < 1.29 is 9.53 Å². The van der Waals surface area contributed by atoms with Gasteiger partial charge in [0, 0.05) is 19.5 Å². The van der Waals surface area contributed by atoms with Gasteiger partial charge < -0.3 is 14.6 Å². The lowest BCUT2D eigenvalue weighted by Crippen LogP contribution is -2.41. The summed E-state index contributed by atoms with van der Waals surface area (Å²) in [5.41, 5.74) is 1.15. The van der Waals surface area contributed by atoms with Crippen molar-refractivity contribution in [2.75, 3.05) is 12.9 Å². The number of hydrogen-bond donors (Lipinski definition) is 1. The number of ether oxygens (including phenoxy) is 1. The Morgan fingerprint density at radius 2 is 2.00 bits per heavy atom. The van der Waals surface area contributed by atoms with Crippen LogP contribution in [0.5, 0.6) is 5.75 Å². The van der Waals surface area contributed by atoms with E-state index in [0.29, 0.717) is 24.1 Å². The highest BCUT2D eigenvalue weighted by Gasteiger charge is 2.23. The van der Waals surface area contributed by atoms with Crippen molar-refractivity contribution in [1.29, 1.82) is 0 Å². The molecule has 1 aliphatic carbocycles. The van der Waals surface area contributed by atoms with Crippen LogP contribution in [0.15, 0.2) is 29.4 Å². The summed E-state index contributed by atoms with van der Waals surface area (Å²) >= 11 is 1.44. The molecule has 7 heteroatoms. The molecular weight excluding hydrogens is 360 g/mol. The third-order valence-corrected chi connectivity index (χ3v) is 6.26. The molecule has 1 fully saturated rings. The van der Waals surface area contributed by atoms with Gasteiger partial charge >= 0.3 is 0 Å². The Hall–Kier alpha value is -2.02.